The Kier molecular flexibility index (Phi) is 7.58. The number of aliphatic hydroxyl groups is 1. The quantitative estimate of drug-likeness (QED) is 0.270. The van der Waals surface area contributed by atoms with Gasteiger partial charge in [-0.05, 0) is 86.5 Å². The highest BCUT2D eigenvalue weighted by Crippen LogP contribution is 2.63. The molecule has 0 amide bonds. The van der Waals surface area contributed by atoms with E-state index >= 15 is 0 Å². The van der Waals surface area contributed by atoms with Gasteiger partial charge in [-0.2, -0.15) is 0 Å². The van der Waals surface area contributed by atoms with Crippen molar-refractivity contribution in [3.63, 3.8) is 0 Å². The summed E-state index contributed by atoms with van der Waals surface area (Å²) in [5.41, 5.74) is 1.03. The van der Waals surface area contributed by atoms with E-state index in [1.54, 1.807) is 30.3 Å². The van der Waals surface area contributed by atoms with Gasteiger partial charge in [-0.1, -0.05) is 57.2 Å². The standard InChI is InChI=1S/C29H40O4/c1-6-21(2)8-14-25-28(4)18-7-17-27(3,24(28)16-19-29(25,5)32)20-33-26(31)15-11-22-9-12-23(30)13-10-22/h6,9-13,15,24-25,30,32H,1-2,7-8,14,16-20H2,3-5H3/t24-,25+,27+,28-,29+/m0/s1. The number of allylic oxidation sites excluding steroid dienone is 2. The summed E-state index contributed by atoms with van der Waals surface area (Å²) in [6.45, 7) is 14.9. The van der Waals surface area contributed by atoms with Gasteiger partial charge >= 0.3 is 5.97 Å². The SMILES string of the molecule is C=CC(=C)CC[C@@H]1[C@@]2(C)CCC[C@](C)(COC(=O)C=Cc3ccc(O)cc3)[C@@H]2CC[C@@]1(C)O. The van der Waals surface area contributed by atoms with E-state index in [0.717, 1.165) is 56.1 Å². The number of hydrogen-bond acceptors (Lipinski definition) is 4. The molecule has 3 rings (SSSR count). The monoisotopic (exact) mass is 452 g/mol. The first-order valence-electron chi connectivity index (χ1n) is 12.2. The van der Waals surface area contributed by atoms with Crippen LogP contribution < -0.4 is 0 Å². The molecule has 0 saturated heterocycles. The van der Waals surface area contributed by atoms with Crippen molar-refractivity contribution in [3.05, 3.63) is 60.7 Å². The van der Waals surface area contributed by atoms with Gasteiger partial charge in [0, 0.05) is 11.5 Å². The summed E-state index contributed by atoms with van der Waals surface area (Å²) in [5.74, 6) is 0.403. The van der Waals surface area contributed by atoms with Crippen molar-refractivity contribution in [3.8, 4) is 5.75 Å². The molecule has 0 bridgehead atoms. The first-order chi connectivity index (χ1) is 15.5. The lowest BCUT2D eigenvalue weighted by molar-refractivity contribution is -0.185. The van der Waals surface area contributed by atoms with Gasteiger partial charge in [0.2, 0.25) is 0 Å². The average molecular weight is 453 g/mol. The first-order valence-corrected chi connectivity index (χ1v) is 12.2. The van der Waals surface area contributed by atoms with Crippen LogP contribution >= 0.6 is 0 Å². The summed E-state index contributed by atoms with van der Waals surface area (Å²) in [7, 11) is 0. The van der Waals surface area contributed by atoms with Crippen molar-refractivity contribution < 1.29 is 19.7 Å². The van der Waals surface area contributed by atoms with Crippen LogP contribution in [0.15, 0.2) is 55.1 Å². The van der Waals surface area contributed by atoms with E-state index in [-0.39, 0.29) is 28.5 Å². The van der Waals surface area contributed by atoms with Crippen molar-refractivity contribution in [2.75, 3.05) is 6.61 Å². The second kappa shape index (κ2) is 9.89. The highest BCUT2D eigenvalue weighted by molar-refractivity contribution is 5.87. The molecule has 2 N–H and O–H groups in total. The zero-order chi connectivity index (χ0) is 24.3. The van der Waals surface area contributed by atoms with Gasteiger partial charge in [-0.25, -0.2) is 4.79 Å². The molecule has 0 spiro atoms. The molecular weight excluding hydrogens is 412 g/mol. The molecule has 33 heavy (non-hydrogen) atoms. The Morgan fingerprint density at radius 1 is 1.18 bits per heavy atom. The molecule has 0 aliphatic heterocycles. The number of carbonyl (C=O) groups excluding carboxylic acids is 1. The van der Waals surface area contributed by atoms with E-state index in [0.29, 0.717) is 12.5 Å². The molecule has 2 fully saturated rings. The Morgan fingerprint density at radius 3 is 2.55 bits per heavy atom. The van der Waals surface area contributed by atoms with Gasteiger partial charge in [0.1, 0.15) is 5.75 Å². The predicted octanol–water partition coefficient (Wildman–Crippen LogP) is 6.44. The Labute approximate surface area is 199 Å². The van der Waals surface area contributed by atoms with E-state index < -0.39 is 5.60 Å². The van der Waals surface area contributed by atoms with Crippen LogP contribution in [-0.2, 0) is 9.53 Å². The van der Waals surface area contributed by atoms with Gasteiger partial charge in [-0.3, -0.25) is 0 Å². The van der Waals surface area contributed by atoms with Crippen LogP contribution in [0, 0.1) is 22.7 Å². The van der Waals surface area contributed by atoms with Crippen LogP contribution in [0.4, 0.5) is 0 Å². The number of carbonyl (C=O) groups is 1. The molecule has 180 valence electrons. The number of benzene rings is 1. The number of fused-ring (bicyclic) bond motifs is 1. The molecule has 4 heteroatoms. The summed E-state index contributed by atoms with van der Waals surface area (Å²) in [6, 6.07) is 6.69. The summed E-state index contributed by atoms with van der Waals surface area (Å²) in [5, 5.41) is 20.7. The summed E-state index contributed by atoms with van der Waals surface area (Å²) >= 11 is 0. The fraction of sp³-hybridized carbons (Fsp3) is 0.552. The molecule has 4 nitrogen and oxygen atoms in total. The maximum absolute atomic E-state index is 12.5. The molecule has 0 unspecified atom stereocenters. The van der Waals surface area contributed by atoms with E-state index in [4.69, 9.17) is 4.74 Å². The Bertz CT molecular complexity index is 897. The Hall–Kier alpha value is -2.33. The van der Waals surface area contributed by atoms with Crippen LogP contribution in [0.5, 0.6) is 5.75 Å². The largest absolute Gasteiger partial charge is 0.508 e. The van der Waals surface area contributed by atoms with Crippen LogP contribution in [0.25, 0.3) is 6.08 Å². The number of rotatable bonds is 8. The Balaban J connectivity index is 1.71. The number of esters is 1. The molecule has 2 aliphatic carbocycles. The van der Waals surface area contributed by atoms with Crippen LogP contribution in [-0.4, -0.2) is 28.4 Å². The van der Waals surface area contributed by atoms with Crippen LogP contribution in [0.3, 0.4) is 0 Å². The maximum Gasteiger partial charge on any atom is 0.330 e. The van der Waals surface area contributed by atoms with Gasteiger partial charge in [-0.15, -0.1) is 0 Å². The van der Waals surface area contributed by atoms with Crippen LogP contribution in [0.2, 0.25) is 0 Å². The molecular formula is C29H40O4. The highest BCUT2D eigenvalue weighted by Gasteiger charge is 2.59. The molecule has 1 aromatic rings. The van der Waals surface area contributed by atoms with Crippen molar-refractivity contribution in [2.24, 2.45) is 22.7 Å². The zero-order valence-corrected chi connectivity index (χ0v) is 20.5. The fourth-order valence-electron chi connectivity index (χ4n) is 6.71. The molecule has 1 aromatic carbocycles. The molecule has 0 aromatic heterocycles. The molecule has 0 radical (unpaired) electrons. The third-order valence-electron chi connectivity index (χ3n) is 8.48. The Morgan fingerprint density at radius 2 is 1.88 bits per heavy atom. The second-order valence-corrected chi connectivity index (χ2v) is 10.9. The topological polar surface area (TPSA) is 66.8 Å². The molecule has 2 aliphatic rings. The lowest BCUT2D eigenvalue weighted by atomic mass is 9.45. The van der Waals surface area contributed by atoms with Gasteiger partial charge in [0.05, 0.1) is 12.2 Å². The van der Waals surface area contributed by atoms with E-state index in [1.807, 2.05) is 13.0 Å². The summed E-state index contributed by atoms with van der Waals surface area (Å²) < 4.78 is 5.76. The lowest BCUT2D eigenvalue weighted by Gasteiger charge is -2.61. The van der Waals surface area contributed by atoms with Crippen molar-refractivity contribution >= 4 is 12.0 Å². The van der Waals surface area contributed by atoms with E-state index in [9.17, 15) is 15.0 Å². The van der Waals surface area contributed by atoms with E-state index in [1.165, 1.54) is 6.08 Å². The van der Waals surface area contributed by atoms with Crippen LogP contribution in [0.1, 0.15) is 71.3 Å². The maximum atomic E-state index is 12.5. The van der Waals surface area contributed by atoms with Gasteiger partial charge in [0.25, 0.3) is 0 Å². The molecule has 0 heterocycles. The third-order valence-corrected chi connectivity index (χ3v) is 8.48. The van der Waals surface area contributed by atoms with Gasteiger partial charge in [0.15, 0.2) is 0 Å². The minimum absolute atomic E-state index is 0.00944. The molecule has 5 atom stereocenters. The number of hydrogen-bond donors (Lipinski definition) is 2. The fourth-order valence-corrected chi connectivity index (χ4v) is 6.71. The first kappa shape index (κ1) is 25.3. The summed E-state index contributed by atoms with van der Waals surface area (Å²) in [4.78, 5) is 12.5. The minimum Gasteiger partial charge on any atom is -0.508 e. The molecule has 2 saturated carbocycles. The van der Waals surface area contributed by atoms with Crippen molar-refractivity contribution in [1.82, 2.24) is 0 Å². The number of aromatic hydroxyl groups is 1. The zero-order valence-electron chi connectivity index (χ0n) is 20.5. The highest BCUT2D eigenvalue weighted by atomic mass is 16.5. The number of ether oxygens (including phenoxy) is 1. The number of phenols is 1. The minimum atomic E-state index is -0.700. The second-order valence-electron chi connectivity index (χ2n) is 10.9. The lowest BCUT2D eigenvalue weighted by Crippen LogP contribution is -2.59. The average Bonchev–Trinajstić information content (AvgIpc) is 2.76. The van der Waals surface area contributed by atoms with E-state index in [2.05, 4.69) is 27.0 Å². The predicted molar refractivity (Wildman–Crippen MR) is 134 cm³/mol. The van der Waals surface area contributed by atoms with Crippen molar-refractivity contribution in [1.29, 1.82) is 0 Å². The number of phenolic OH excluding ortho intramolecular Hbond substituents is 1. The normalized spacial score (nSPS) is 33.9. The van der Waals surface area contributed by atoms with Gasteiger partial charge < -0.3 is 14.9 Å². The van der Waals surface area contributed by atoms with Crippen molar-refractivity contribution in [2.45, 2.75) is 71.3 Å². The third kappa shape index (κ3) is 5.60. The smallest absolute Gasteiger partial charge is 0.330 e. The summed E-state index contributed by atoms with van der Waals surface area (Å²) in [6.07, 6.45) is 11.6.